The Bertz CT molecular complexity index is 527. The fraction of sp³-hybridized carbons (Fsp3) is 0.538. The van der Waals surface area contributed by atoms with Crippen molar-refractivity contribution in [3.8, 4) is 0 Å². The highest BCUT2D eigenvalue weighted by Crippen LogP contribution is 2.21. The third-order valence-corrected chi connectivity index (χ3v) is 3.10. The Morgan fingerprint density at radius 1 is 1.39 bits per heavy atom. The lowest BCUT2D eigenvalue weighted by Gasteiger charge is -2.16. The Labute approximate surface area is 107 Å². The van der Waals surface area contributed by atoms with Crippen molar-refractivity contribution in [3.63, 3.8) is 0 Å². The van der Waals surface area contributed by atoms with Gasteiger partial charge >= 0.3 is 0 Å². The minimum atomic E-state index is -0.551. The number of aliphatic hydroxyl groups excluding tert-OH is 1. The summed E-state index contributed by atoms with van der Waals surface area (Å²) in [6.07, 6.45) is 3.49. The average molecular weight is 248 g/mol. The first kappa shape index (κ1) is 12.8. The number of aryl methyl sites for hydroxylation is 2. The second-order valence-electron chi connectivity index (χ2n) is 4.94. The van der Waals surface area contributed by atoms with Gasteiger partial charge < -0.3 is 9.67 Å². The number of hydrogen-bond acceptors (Lipinski definition) is 3. The van der Waals surface area contributed by atoms with Gasteiger partial charge in [-0.3, -0.25) is 4.68 Å². The van der Waals surface area contributed by atoms with Crippen molar-refractivity contribution >= 4 is 0 Å². The molecular formula is C13H20N4O. The summed E-state index contributed by atoms with van der Waals surface area (Å²) < 4.78 is 3.81. The monoisotopic (exact) mass is 248 g/mol. The molecule has 0 amide bonds. The molecule has 0 radical (unpaired) electrons. The standard InChI is InChI=1S/C13H20N4O/c1-9(2)17-8-14-7-12(17)13(18)6-11-5-10(3)15-16(11)4/h5,7-9,13,18H,6H2,1-4H3. The van der Waals surface area contributed by atoms with Gasteiger partial charge in [-0.25, -0.2) is 4.98 Å². The van der Waals surface area contributed by atoms with E-state index in [1.165, 1.54) is 0 Å². The van der Waals surface area contributed by atoms with Crippen LogP contribution >= 0.6 is 0 Å². The van der Waals surface area contributed by atoms with Crippen LogP contribution in [-0.4, -0.2) is 24.4 Å². The Balaban J connectivity index is 2.19. The molecule has 0 spiro atoms. The number of aliphatic hydroxyl groups is 1. The minimum Gasteiger partial charge on any atom is -0.386 e. The summed E-state index contributed by atoms with van der Waals surface area (Å²) in [6, 6.07) is 2.30. The largest absolute Gasteiger partial charge is 0.386 e. The SMILES string of the molecule is Cc1cc(CC(O)c2cncn2C(C)C)n(C)n1. The van der Waals surface area contributed by atoms with E-state index in [-0.39, 0.29) is 0 Å². The average Bonchev–Trinajstić information content (AvgIpc) is 2.86. The Hall–Kier alpha value is -1.62. The second-order valence-corrected chi connectivity index (χ2v) is 4.94. The molecule has 0 fully saturated rings. The molecule has 1 N–H and O–H groups in total. The molecular weight excluding hydrogens is 228 g/mol. The van der Waals surface area contributed by atoms with E-state index in [0.29, 0.717) is 12.5 Å². The highest BCUT2D eigenvalue weighted by atomic mass is 16.3. The first-order valence-electron chi connectivity index (χ1n) is 6.18. The van der Waals surface area contributed by atoms with Crippen molar-refractivity contribution in [2.75, 3.05) is 0 Å². The second kappa shape index (κ2) is 4.94. The molecule has 1 unspecified atom stereocenters. The van der Waals surface area contributed by atoms with E-state index in [4.69, 9.17) is 0 Å². The molecule has 18 heavy (non-hydrogen) atoms. The fourth-order valence-corrected chi connectivity index (χ4v) is 2.16. The maximum atomic E-state index is 10.3. The van der Waals surface area contributed by atoms with Crippen LogP contribution in [0.25, 0.3) is 0 Å². The smallest absolute Gasteiger partial charge is 0.101 e. The number of hydrogen-bond donors (Lipinski definition) is 1. The Kier molecular flexibility index (Phi) is 3.52. The molecule has 5 heteroatoms. The molecule has 0 aromatic carbocycles. The Morgan fingerprint density at radius 2 is 2.11 bits per heavy atom. The maximum absolute atomic E-state index is 10.3. The van der Waals surface area contributed by atoms with Crippen LogP contribution in [-0.2, 0) is 13.5 Å². The summed E-state index contributed by atoms with van der Waals surface area (Å²) in [5.41, 5.74) is 2.84. The predicted octanol–water partition coefficient (Wildman–Crippen LogP) is 1.78. The van der Waals surface area contributed by atoms with Crippen molar-refractivity contribution in [2.45, 2.75) is 39.3 Å². The molecule has 2 rings (SSSR count). The molecule has 1 atom stereocenters. The number of aromatic nitrogens is 4. The predicted molar refractivity (Wildman–Crippen MR) is 69.2 cm³/mol. The van der Waals surface area contributed by atoms with E-state index < -0.39 is 6.10 Å². The van der Waals surface area contributed by atoms with Gasteiger partial charge in [-0.05, 0) is 26.8 Å². The summed E-state index contributed by atoms with van der Waals surface area (Å²) in [4.78, 5) is 4.11. The Morgan fingerprint density at radius 3 is 2.67 bits per heavy atom. The van der Waals surface area contributed by atoms with Crippen LogP contribution in [0.2, 0.25) is 0 Å². The van der Waals surface area contributed by atoms with Gasteiger partial charge in [0.1, 0.15) is 6.10 Å². The van der Waals surface area contributed by atoms with E-state index in [1.807, 2.05) is 29.3 Å². The summed E-state index contributed by atoms with van der Waals surface area (Å²) >= 11 is 0. The summed E-state index contributed by atoms with van der Waals surface area (Å²) in [5, 5.41) is 14.6. The number of imidazole rings is 1. The van der Waals surface area contributed by atoms with E-state index in [0.717, 1.165) is 17.1 Å². The van der Waals surface area contributed by atoms with E-state index in [9.17, 15) is 5.11 Å². The minimum absolute atomic E-state index is 0.297. The zero-order chi connectivity index (χ0) is 13.3. The van der Waals surface area contributed by atoms with Crippen LogP contribution in [0.4, 0.5) is 0 Å². The lowest BCUT2D eigenvalue weighted by atomic mass is 10.1. The topological polar surface area (TPSA) is 55.9 Å². The third kappa shape index (κ3) is 2.46. The molecule has 0 aliphatic heterocycles. The summed E-state index contributed by atoms with van der Waals surface area (Å²) in [5.74, 6) is 0. The van der Waals surface area contributed by atoms with Gasteiger partial charge in [0.15, 0.2) is 0 Å². The van der Waals surface area contributed by atoms with Crippen LogP contribution in [0.3, 0.4) is 0 Å². The van der Waals surface area contributed by atoms with Gasteiger partial charge in [0.2, 0.25) is 0 Å². The van der Waals surface area contributed by atoms with E-state index in [2.05, 4.69) is 23.9 Å². The summed E-state index contributed by atoms with van der Waals surface area (Å²) in [6.45, 7) is 6.10. The molecule has 0 aliphatic rings. The normalized spacial score (nSPS) is 13.2. The third-order valence-electron chi connectivity index (χ3n) is 3.10. The van der Waals surface area contributed by atoms with Crippen molar-refractivity contribution in [2.24, 2.45) is 7.05 Å². The van der Waals surface area contributed by atoms with Crippen LogP contribution in [0.15, 0.2) is 18.6 Å². The number of nitrogens with zero attached hydrogens (tertiary/aromatic N) is 4. The van der Waals surface area contributed by atoms with Crippen molar-refractivity contribution < 1.29 is 5.11 Å². The molecule has 2 aromatic rings. The van der Waals surface area contributed by atoms with Gasteiger partial charge in [0.25, 0.3) is 0 Å². The van der Waals surface area contributed by atoms with Crippen molar-refractivity contribution in [3.05, 3.63) is 35.7 Å². The van der Waals surface area contributed by atoms with Crippen molar-refractivity contribution in [1.82, 2.24) is 19.3 Å². The van der Waals surface area contributed by atoms with Crippen LogP contribution in [0.1, 0.15) is 43.1 Å². The molecule has 2 aromatic heterocycles. The molecule has 98 valence electrons. The molecule has 5 nitrogen and oxygen atoms in total. The highest BCUT2D eigenvalue weighted by Gasteiger charge is 2.17. The van der Waals surface area contributed by atoms with E-state index >= 15 is 0 Å². The number of rotatable bonds is 4. The molecule has 2 heterocycles. The van der Waals surface area contributed by atoms with Gasteiger partial charge in [0.05, 0.1) is 23.9 Å². The first-order valence-corrected chi connectivity index (χ1v) is 6.18. The van der Waals surface area contributed by atoms with Crippen molar-refractivity contribution in [1.29, 1.82) is 0 Å². The molecule has 0 aliphatic carbocycles. The summed E-state index contributed by atoms with van der Waals surface area (Å²) in [7, 11) is 1.90. The zero-order valence-electron chi connectivity index (χ0n) is 11.3. The zero-order valence-corrected chi connectivity index (χ0v) is 11.3. The van der Waals surface area contributed by atoms with Gasteiger partial charge in [-0.2, -0.15) is 5.10 Å². The molecule has 0 bridgehead atoms. The molecule has 0 saturated carbocycles. The van der Waals surface area contributed by atoms with Gasteiger partial charge in [0, 0.05) is 25.2 Å². The van der Waals surface area contributed by atoms with Gasteiger partial charge in [-0.15, -0.1) is 0 Å². The first-order chi connectivity index (χ1) is 8.49. The van der Waals surface area contributed by atoms with Crippen LogP contribution < -0.4 is 0 Å². The van der Waals surface area contributed by atoms with E-state index in [1.54, 1.807) is 12.5 Å². The fourth-order valence-electron chi connectivity index (χ4n) is 2.16. The lowest BCUT2D eigenvalue weighted by Crippen LogP contribution is -2.12. The lowest BCUT2D eigenvalue weighted by molar-refractivity contribution is 0.164. The maximum Gasteiger partial charge on any atom is 0.101 e. The quantitative estimate of drug-likeness (QED) is 0.897. The van der Waals surface area contributed by atoms with Crippen LogP contribution in [0.5, 0.6) is 0 Å². The molecule has 0 saturated heterocycles. The van der Waals surface area contributed by atoms with Gasteiger partial charge in [-0.1, -0.05) is 0 Å². The van der Waals surface area contributed by atoms with Crippen LogP contribution in [0, 0.1) is 6.92 Å². The highest BCUT2D eigenvalue weighted by molar-refractivity contribution is 5.13.